The first-order valence-electron chi connectivity index (χ1n) is 13.1. The first kappa shape index (κ1) is 23.6. The van der Waals surface area contributed by atoms with Crippen LogP contribution in [0.25, 0.3) is 11.5 Å². The van der Waals surface area contributed by atoms with Gasteiger partial charge in [-0.05, 0) is 68.4 Å². The summed E-state index contributed by atoms with van der Waals surface area (Å²) in [6, 6.07) is 4.14. The van der Waals surface area contributed by atoms with Crippen molar-refractivity contribution in [2.24, 2.45) is 11.8 Å². The van der Waals surface area contributed by atoms with Crippen LogP contribution in [0.1, 0.15) is 93.9 Å². The van der Waals surface area contributed by atoms with Gasteiger partial charge in [0.2, 0.25) is 5.89 Å². The van der Waals surface area contributed by atoms with Crippen molar-refractivity contribution < 1.29 is 9.21 Å². The molecule has 0 radical (unpaired) electrons. The zero-order chi connectivity index (χ0) is 24.4. The smallest absolute Gasteiger partial charge is 0.277 e. The second kappa shape index (κ2) is 10.2. The summed E-state index contributed by atoms with van der Waals surface area (Å²) in [5.41, 5.74) is 2.69. The SMILES string of the molecule is CCC1CCC(n2cc(NC(=O)c3coc(-c4ccnc(NCC5CC5)c4)n3)c(C(C)C)n2)CC1. The van der Waals surface area contributed by atoms with E-state index in [4.69, 9.17) is 9.52 Å². The van der Waals surface area contributed by atoms with E-state index in [0.29, 0.717) is 11.9 Å². The van der Waals surface area contributed by atoms with E-state index in [1.165, 1.54) is 38.4 Å². The largest absolute Gasteiger partial charge is 0.444 e. The number of hydrogen-bond donors (Lipinski definition) is 2. The Morgan fingerprint density at radius 1 is 1.17 bits per heavy atom. The van der Waals surface area contributed by atoms with Crippen molar-refractivity contribution in [3.8, 4) is 11.5 Å². The lowest BCUT2D eigenvalue weighted by atomic mass is 9.85. The molecule has 0 bridgehead atoms. The minimum Gasteiger partial charge on any atom is -0.444 e. The fourth-order valence-corrected chi connectivity index (χ4v) is 4.86. The second-order valence-corrected chi connectivity index (χ2v) is 10.4. The molecule has 1 amide bonds. The average Bonchev–Trinajstić information content (AvgIpc) is 3.39. The van der Waals surface area contributed by atoms with Crippen LogP contribution in [0.2, 0.25) is 0 Å². The van der Waals surface area contributed by atoms with Crippen LogP contribution in [0.5, 0.6) is 0 Å². The fraction of sp³-hybridized carbons (Fsp3) is 0.556. The molecule has 8 nitrogen and oxygen atoms in total. The summed E-state index contributed by atoms with van der Waals surface area (Å²) >= 11 is 0. The monoisotopic (exact) mass is 476 g/mol. The lowest BCUT2D eigenvalue weighted by Crippen LogP contribution is -2.18. The van der Waals surface area contributed by atoms with E-state index in [1.807, 2.05) is 18.3 Å². The quantitative estimate of drug-likeness (QED) is 0.378. The number of carbonyl (C=O) groups is 1. The van der Waals surface area contributed by atoms with Crippen LogP contribution in [-0.2, 0) is 0 Å². The molecule has 0 unspecified atom stereocenters. The third kappa shape index (κ3) is 5.57. The molecule has 2 saturated carbocycles. The summed E-state index contributed by atoms with van der Waals surface area (Å²) < 4.78 is 7.72. The van der Waals surface area contributed by atoms with Crippen molar-refractivity contribution >= 4 is 17.4 Å². The predicted octanol–water partition coefficient (Wildman–Crippen LogP) is 6.27. The van der Waals surface area contributed by atoms with Crippen LogP contribution in [0.4, 0.5) is 11.5 Å². The number of pyridine rings is 1. The van der Waals surface area contributed by atoms with Crippen LogP contribution in [0.3, 0.4) is 0 Å². The van der Waals surface area contributed by atoms with Crippen molar-refractivity contribution in [3.05, 3.63) is 42.2 Å². The predicted molar refractivity (Wildman–Crippen MR) is 137 cm³/mol. The number of nitrogens with zero attached hydrogens (tertiary/aromatic N) is 4. The highest BCUT2D eigenvalue weighted by Gasteiger charge is 2.25. The van der Waals surface area contributed by atoms with E-state index in [-0.39, 0.29) is 17.5 Å². The summed E-state index contributed by atoms with van der Waals surface area (Å²) in [6.45, 7) is 7.41. The van der Waals surface area contributed by atoms with Crippen molar-refractivity contribution in [2.75, 3.05) is 17.2 Å². The molecule has 0 aromatic carbocycles. The van der Waals surface area contributed by atoms with Gasteiger partial charge in [-0.3, -0.25) is 9.48 Å². The maximum Gasteiger partial charge on any atom is 0.277 e. The van der Waals surface area contributed by atoms with Gasteiger partial charge in [0, 0.05) is 24.5 Å². The highest BCUT2D eigenvalue weighted by molar-refractivity contribution is 6.03. The van der Waals surface area contributed by atoms with Gasteiger partial charge in [0.15, 0.2) is 5.69 Å². The van der Waals surface area contributed by atoms with E-state index in [0.717, 1.165) is 54.0 Å². The molecule has 0 saturated heterocycles. The van der Waals surface area contributed by atoms with Gasteiger partial charge in [0.05, 0.1) is 17.4 Å². The van der Waals surface area contributed by atoms with Crippen LogP contribution >= 0.6 is 0 Å². The van der Waals surface area contributed by atoms with Crippen LogP contribution in [-0.4, -0.2) is 32.2 Å². The number of rotatable bonds is 9. The molecule has 2 aliphatic rings. The minimum atomic E-state index is -0.294. The minimum absolute atomic E-state index is 0.199. The van der Waals surface area contributed by atoms with Gasteiger partial charge in [-0.1, -0.05) is 27.2 Å². The fourth-order valence-electron chi connectivity index (χ4n) is 4.86. The number of aromatic nitrogens is 4. The Kier molecular flexibility index (Phi) is 6.88. The molecule has 3 aromatic rings. The van der Waals surface area contributed by atoms with Crippen molar-refractivity contribution in [3.63, 3.8) is 0 Å². The van der Waals surface area contributed by atoms with Crippen LogP contribution < -0.4 is 10.6 Å². The third-order valence-corrected chi connectivity index (χ3v) is 7.34. The average molecular weight is 477 g/mol. The summed E-state index contributed by atoms with van der Waals surface area (Å²) in [4.78, 5) is 21.9. The molecule has 0 aliphatic heterocycles. The van der Waals surface area contributed by atoms with Crippen LogP contribution in [0.15, 0.2) is 35.2 Å². The maximum atomic E-state index is 13.1. The number of amides is 1. The van der Waals surface area contributed by atoms with Gasteiger partial charge in [0.1, 0.15) is 12.1 Å². The number of anilines is 2. The zero-order valence-corrected chi connectivity index (χ0v) is 21.0. The first-order chi connectivity index (χ1) is 17.0. The van der Waals surface area contributed by atoms with Gasteiger partial charge in [-0.15, -0.1) is 0 Å². The summed E-state index contributed by atoms with van der Waals surface area (Å²) in [5.74, 6) is 2.68. The molecule has 0 spiro atoms. The Bertz CT molecular complexity index is 1150. The van der Waals surface area contributed by atoms with Crippen molar-refractivity contribution in [1.82, 2.24) is 19.7 Å². The third-order valence-electron chi connectivity index (χ3n) is 7.34. The maximum absolute atomic E-state index is 13.1. The normalized spacial score (nSPS) is 20.2. The Balaban J connectivity index is 1.28. The highest BCUT2D eigenvalue weighted by atomic mass is 16.3. The van der Waals surface area contributed by atoms with E-state index >= 15 is 0 Å². The number of nitrogens with one attached hydrogen (secondary N) is 2. The number of carbonyl (C=O) groups excluding carboxylic acids is 1. The van der Waals surface area contributed by atoms with Gasteiger partial charge >= 0.3 is 0 Å². The first-order valence-corrected chi connectivity index (χ1v) is 13.1. The molecule has 2 N–H and O–H groups in total. The zero-order valence-electron chi connectivity index (χ0n) is 21.0. The lowest BCUT2D eigenvalue weighted by Gasteiger charge is -2.27. The molecule has 35 heavy (non-hydrogen) atoms. The molecule has 2 aliphatic carbocycles. The molecular weight excluding hydrogens is 440 g/mol. The van der Waals surface area contributed by atoms with E-state index in [9.17, 15) is 4.79 Å². The number of oxazole rings is 1. The van der Waals surface area contributed by atoms with Crippen molar-refractivity contribution in [2.45, 2.75) is 77.7 Å². The molecule has 2 fully saturated rings. The van der Waals surface area contributed by atoms with Gasteiger partial charge in [-0.2, -0.15) is 5.10 Å². The summed E-state index contributed by atoms with van der Waals surface area (Å²) in [5, 5.41) is 11.3. The lowest BCUT2D eigenvalue weighted by molar-refractivity contribution is 0.102. The summed E-state index contributed by atoms with van der Waals surface area (Å²) in [6.07, 6.45) is 13.7. The van der Waals surface area contributed by atoms with Gasteiger partial charge < -0.3 is 15.1 Å². The van der Waals surface area contributed by atoms with E-state index in [2.05, 4.69) is 46.1 Å². The van der Waals surface area contributed by atoms with Crippen LogP contribution in [0, 0.1) is 11.8 Å². The standard InChI is InChI=1S/C27H36N6O2/c1-4-18-7-9-21(10-8-18)33-15-22(25(32-33)17(2)3)30-26(34)23-16-35-27(31-23)20-11-12-28-24(13-20)29-14-19-5-6-19/h11-13,15-19,21H,4-10,14H2,1-3H3,(H,28,29)(H,30,34). The molecule has 3 heterocycles. The molecule has 186 valence electrons. The van der Waals surface area contributed by atoms with E-state index in [1.54, 1.807) is 6.20 Å². The Morgan fingerprint density at radius 3 is 2.66 bits per heavy atom. The number of hydrogen-bond acceptors (Lipinski definition) is 6. The Hall–Kier alpha value is -3.16. The highest BCUT2D eigenvalue weighted by Crippen LogP contribution is 2.35. The molecule has 3 aromatic heterocycles. The second-order valence-electron chi connectivity index (χ2n) is 10.4. The molecular formula is C27H36N6O2. The van der Waals surface area contributed by atoms with Gasteiger partial charge in [0.25, 0.3) is 5.91 Å². The summed E-state index contributed by atoms with van der Waals surface area (Å²) in [7, 11) is 0. The molecule has 0 atom stereocenters. The van der Waals surface area contributed by atoms with Crippen molar-refractivity contribution in [1.29, 1.82) is 0 Å². The Labute approximate surface area is 206 Å². The molecule has 5 rings (SSSR count). The topological polar surface area (TPSA) is 97.9 Å². The van der Waals surface area contributed by atoms with Gasteiger partial charge in [-0.25, -0.2) is 9.97 Å². The van der Waals surface area contributed by atoms with E-state index < -0.39 is 0 Å². The molecule has 8 heteroatoms. The Morgan fingerprint density at radius 2 is 1.94 bits per heavy atom.